The third kappa shape index (κ3) is 2.67. The molecule has 4 heteroatoms. The number of hydrogen-bond acceptors (Lipinski definition) is 4. The second kappa shape index (κ2) is 5.35. The molecule has 2 aliphatic carbocycles. The highest BCUT2D eigenvalue weighted by Crippen LogP contribution is 2.45. The van der Waals surface area contributed by atoms with Crippen molar-refractivity contribution in [1.82, 2.24) is 9.97 Å². The standard InChI is InChI=1S/C15H24N4/c1-3-4-13-18-14(16-2)9-15(19-13)17-12-8-10-5-6-11(12)7-10/h9-12H,3-8H2,1-2H3,(H2,16,17,18,19). The van der Waals surface area contributed by atoms with E-state index in [1.54, 1.807) is 0 Å². The van der Waals surface area contributed by atoms with Gasteiger partial charge in [-0.2, -0.15) is 0 Å². The molecule has 2 bridgehead atoms. The van der Waals surface area contributed by atoms with E-state index in [4.69, 9.17) is 0 Å². The van der Waals surface area contributed by atoms with Crippen molar-refractivity contribution in [3.8, 4) is 0 Å². The van der Waals surface area contributed by atoms with Gasteiger partial charge in [-0.1, -0.05) is 13.3 Å². The van der Waals surface area contributed by atoms with Gasteiger partial charge in [-0.3, -0.25) is 0 Å². The van der Waals surface area contributed by atoms with Crippen LogP contribution in [0, 0.1) is 11.8 Å². The van der Waals surface area contributed by atoms with Gasteiger partial charge in [-0.25, -0.2) is 9.97 Å². The molecule has 19 heavy (non-hydrogen) atoms. The first-order chi connectivity index (χ1) is 9.28. The molecule has 2 aliphatic rings. The number of anilines is 2. The van der Waals surface area contributed by atoms with Gasteiger partial charge in [0.25, 0.3) is 0 Å². The van der Waals surface area contributed by atoms with Crippen molar-refractivity contribution in [3.05, 3.63) is 11.9 Å². The van der Waals surface area contributed by atoms with Crippen LogP contribution in [-0.4, -0.2) is 23.1 Å². The summed E-state index contributed by atoms with van der Waals surface area (Å²) >= 11 is 0. The molecule has 1 aromatic rings. The van der Waals surface area contributed by atoms with Crippen LogP contribution in [0.2, 0.25) is 0 Å². The minimum Gasteiger partial charge on any atom is -0.373 e. The monoisotopic (exact) mass is 260 g/mol. The van der Waals surface area contributed by atoms with Crippen LogP contribution >= 0.6 is 0 Å². The summed E-state index contributed by atoms with van der Waals surface area (Å²) < 4.78 is 0. The quantitative estimate of drug-likeness (QED) is 0.854. The molecule has 0 spiro atoms. The van der Waals surface area contributed by atoms with E-state index in [0.29, 0.717) is 6.04 Å². The predicted molar refractivity (Wildman–Crippen MR) is 78.4 cm³/mol. The number of fused-ring (bicyclic) bond motifs is 2. The smallest absolute Gasteiger partial charge is 0.133 e. The Labute approximate surface area is 115 Å². The molecule has 0 amide bonds. The lowest BCUT2D eigenvalue weighted by Crippen LogP contribution is -2.26. The Kier molecular flexibility index (Phi) is 3.58. The number of aromatic nitrogens is 2. The van der Waals surface area contributed by atoms with Crippen LogP contribution in [0.15, 0.2) is 6.07 Å². The second-order valence-corrected chi connectivity index (χ2v) is 5.98. The average Bonchev–Trinajstić information content (AvgIpc) is 3.01. The molecule has 0 aliphatic heterocycles. The Morgan fingerprint density at radius 3 is 2.68 bits per heavy atom. The number of rotatable bonds is 5. The van der Waals surface area contributed by atoms with Crippen molar-refractivity contribution in [3.63, 3.8) is 0 Å². The minimum atomic E-state index is 0.632. The lowest BCUT2D eigenvalue weighted by Gasteiger charge is -2.23. The number of nitrogens with one attached hydrogen (secondary N) is 2. The van der Waals surface area contributed by atoms with Gasteiger partial charge in [0.15, 0.2) is 0 Å². The lowest BCUT2D eigenvalue weighted by molar-refractivity contribution is 0.439. The summed E-state index contributed by atoms with van der Waals surface area (Å²) in [6.45, 7) is 2.17. The highest BCUT2D eigenvalue weighted by Gasteiger charge is 2.39. The Hall–Kier alpha value is -1.32. The molecule has 4 nitrogen and oxygen atoms in total. The summed E-state index contributed by atoms with van der Waals surface area (Å²) in [6.07, 6.45) is 7.61. The van der Waals surface area contributed by atoms with Gasteiger partial charge in [0.2, 0.25) is 0 Å². The van der Waals surface area contributed by atoms with Gasteiger partial charge in [-0.05, 0) is 37.5 Å². The van der Waals surface area contributed by atoms with E-state index in [-0.39, 0.29) is 0 Å². The maximum Gasteiger partial charge on any atom is 0.133 e. The molecule has 1 aromatic heterocycles. The summed E-state index contributed by atoms with van der Waals surface area (Å²) in [6, 6.07) is 2.67. The van der Waals surface area contributed by atoms with Crippen molar-refractivity contribution < 1.29 is 0 Å². The molecule has 0 aromatic carbocycles. The van der Waals surface area contributed by atoms with Crippen molar-refractivity contribution in [2.24, 2.45) is 11.8 Å². The highest BCUT2D eigenvalue weighted by molar-refractivity contribution is 5.48. The molecule has 1 heterocycles. The van der Waals surface area contributed by atoms with Gasteiger partial charge >= 0.3 is 0 Å². The van der Waals surface area contributed by atoms with Crippen LogP contribution in [0.1, 0.15) is 44.9 Å². The summed E-state index contributed by atoms with van der Waals surface area (Å²) in [5.74, 6) is 4.69. The molecule has 0 radical (unpaired) electrons. The third-order valence-electron chi connectivity index (χ3n) is 4.57. The van der Waals surface area contributed by atoms with Crippen LogP contribution in [0.3, 0.4) is 0 Å². The fourth-order valence-corrected chi connectivity index (χ4v) is 3.65. The van der Waals surface area contributed by atoms with Crippen LogP contribution in [0.5, 0.6) is 0 Å². The Morgan fingerprint density at radius 1 is 1.21 bits per heavy atom. The van der Waals surface area contributed by atoms with Gasteiger partial charge < -0.3 is 10.6 Å². The summed E-state index contributed by atoms with van der Waals surface area (Å²) in [7, 11) is 1.92. The van der Waals surface area contributed by atoms with E-state index < -0.39 is 0 Å². The first-order valence-electron chi connectivity index (χ1n) is 7.60. The molecule has 3 unspecified atom stereocenters. The first kappa shape index (κ1) is 12.7. The van der Waals surface area contributed by atoms with Crippen molar-refractivity contribution in [1.29, 1.82) is 0 Å². The minimum absolute atomic E-state index is 0.632. The van der Waals surface area contributed by atoms with E-state index in [0.717, 1.165) is 42.1 Å². The Morgan fingerprint density at radius 2 is 2.05 bits per heavy atom. The fraction of sp³-hybridized carbons (Fsp3) is 0.733. The van der Waals surface area contributed by atoms with Crippen LogP contribution in [-0.2, 0) is 6.42 Å². The summed E-state index contributed by atoms with van der Waals surface area (Å²) in [5.41, 5.74) is 0. The molecule has 3 atom stereocenters. The van der Waals surface area contributed by atoms with E-state index in [1.165, 1.54) is 25.7 Å². The van der Waals surface area contributed by atoms with Gasteiger partial charge in [0, 0.05) is 25.6 Å². The van der Waals surface area contributed by atoms with E-state index in [1.807, 2.05) is 13.1 Å². The van der Waals surface area contributed by atoms with Gasteiger partial charge in [0.05, 0.1) is 0 Å². The highest BCUT2D eigenvalue weighted by atomic mass is 15.1. The fourth-order valence-electron chi connectivity index (χ4n) is 3.65. The number of nitrogens with zero attached hydrogens (tertiary/aromatic N) is 2. The SMILES string of the molecule is CCCc1nc(NC)cc(NC2CC3CCC2C3)n1. The van der Waals surface area contributed by atoms with Gasteiger partial charge in [-0.15, -0.1) is 0 Å². The van der Waals surface area contributed by atoms with Crippen molar-refractivity contribution in [2.75, 3.05) is 17.7 Å². The lowest BCUT2D eigenvalue weighted by atomic mass is 9.95. The number of hydrogen-bond donors (Lipinski definition) is 2. The van der Waals surface area contributed by atoms with E-state index in [2.05, 4.69) is 27.5 Å². The zero-order valence-corrected chi connectivity index (χ0v) is 11.9. The predicted octanol–water partition coefficient (Wildman–Crippen LogP) is 3.07. The van der Waals surface area contributed by atoms with E-state index >= 15 is 0 Å². The van der Waals surface area contributed by atoms with E-state index in [9.17, 15) is 0 Å². The van der Waals surface area contributed by atoms with Crippen molar-refractivity contribution >= 4 is 11.6 Å². The van der Waals surface area contributed by atoms with Crippen LogP contribution < -0.4 is 10.6 Å². The molecular formula is C15H24N4. The molecule has 2 saturated carbocycles. The topological polar surface area (TPSA) is 49.8 Å². The molecule has 2 fully saturated rings. The molecule has 104 valence electrons. The van der Waals surface area contributed by atoms with Crippen molar-refractivity contribution in [2.45, 2.75) is 51.5 Å². The second-order valence-electron chi connectivity index (χ2n) is 5.98. The Bertz CT molecular complexity index is 446. The zero-order valence-electron chi connectivity index (χ0n) is 11.9. The Balaban J connectivity index is 1.74. The van der Waals surface area contributed by atoms with Crippen LogP contribution in [0.25, 0.3) is 0 Å². The largest absolute Gasteiger partial charge is 0.373 e. The molecule has 0 saturated heterocycles. The molecular weight excluding hydrogens is 236 g/mol. The zero-order chi connectivity index (χ0) is 13.2. The maximum absolute atomic E-state index is 4.66. The van der Waals surface area contributed by atoms with Crippen LogP contribution in [0.4, 0.5) is 11.6 Å². The average molecular weight is 260 g/mol. The summed E-state index contributed by atoms with van der Waals surface area (Å²) in [4.78, 5) is 9.16. The number of aryl methyl sites for hydroxylation is 1. The molecule has 2 N–H and O–H groups in total. The summed E-state index contributed by atoms with van der Waals surface area (Å²) in [5, 5.41) is 6.79. The van der Waals surface area contributed by atoms with Gasteiger partial charge in [0.1, 0.15) is 17.5 Å². The normalized spacial score (nSPS) is 28.6. The first-order valence-corrected chi connectivity index (χ1v) is 7.60. The molecule has 3 rings (SSSR count). The maximum atomic E-state index is 4.66. The third-order valence-corrected chi connectivity index (χ3v) is 4.57.